The monoisotopic (exact) mass is 465 g/mol. The van der Waals surface area contributed by atoms with E-state index in [-0.39, 0.29) is 42.6 Å². The summed E-state index contributed by atoms with van der Waals surface area (Å²) in [6, 6.07) is 9.07. The summed E-state index contributed by atoms with van der Waals surface area (Å²) in [5.41, 5.74) is 2.03. The van der Waals surface area contributed by atoms with Crippen LogP contribution in [0.5, 0.6) is 5.88 Å². The van der Waals surface area contributed by atoms with Gasteiger partial charge >= 0.3 is 29.6 Å². The third kappa shape index (κ3) is 4.44. The molecule has 1 N–H and O–H groups in total. The zero-order valence-corrected chi connectivity index (χ0v) is 19.7. The summed E-state index contributed by atoms with van der Waals surface area (Å²) in [5, 5.41) is 13.3. The number of rotatable bonds is 5. The first-order valence-electron chi connectivity index (χ1n) is 8.72. The molecular weight excluding hydrogens is 451 g/mol. The molecule has 4 aromatic rings. The van der Waals surface area contributed by atoms with Crippen molar-refractivity contribution in [2.45, 2.75) is 4.90 Å². The van der Waals surface area contributed by atoms with Gasteiger partial charge in [0.25, 0.3) is 10.0 Å². The van der Waals surface area contributed by atoms with Crippen LogP contribution in [-0.4, -0.2) is 30.1 Å². The van der Waals surface area contributed by atoms with Gasteiger partial charge in [0.1, 0.15) is 28.3 Å². The fourth-order valence-electron chi connectivity index (χ4n) is 2.99. The maximum absolute atomic E-state index is 14.0. The van der Waals surface area contributed by atoms with Crippen LogP contribution in [0.2, 0.25) is 0 Å². The van der Waals surface area contributed by atoms with E-state index in [1.165, 1.54) is 30.1 Å². The maximum atomic E-state index is 14.0. The number of nitriles is 1. The van der Waals surface area contributed by atoms with Gasteiger partial charge in [0, 0.05) is 24.0 Å². The van der Waals surface area contributed by atoms with Gasteiger partial charge in [-0.3, -0.25) is 4.72 Å². The molecule has 1 aromatic carbocycles. The van der Waals surface area contributed by atoms with Gasteiger partial charge in [-0.2, -0.15) is 10.4 Å². The van der Waals surface area contributed by atoms with Crippen LogP contribution in [0.3, 0.4) is 0 Å². The van der Waals surface area contributed by atoms with Gasteiger partial charge < -0.3 is 6.16 Å². The Morgan fingerprint density at radius 3 is 2.62 bits per heavy atom. The molecule has 8 nitrogen and oxygen atoms in total. The smallest absolute Gasteiger partial charge is 1.00 e. The minimum atomic E-state index is -4.40. The van der Waals surface area contributed by atoms with Crippen molar-refractivity contribution in [3.8, 4) is 23.1 Å². The van der Waals surface area contributed by atoms with Crippen molar-refractivity contribution in [3.63, 3.8) is 0 Å². The number of hydrogen-bond donors (Lipinski definition) is 1. The fourth-order valence-corrected chi connectivity index (χ4v) is 4.09. The van der Waals surface area contributed by atoms with Crippen molar-refractivity contribution < 1.29 is 52.9 Å². The molecule has 0 amide bonds. The number of ether oxygens (including phenoxy) is 1. The van der Waals surface area contributed by atoms with E-state index >= 15 is 0 Å². The molecular formula is C20H14F2N5NaO3S. The molecule has 3 heterocycles. The number of benzene rings is 1. The molecule has 4 rings (SSSR count). The molecule has 0 spiro atoms. The second-order valence-electron chi connectivity index (χ2n) is 6.38. The first kappa shape index (κ1) is 23.6. The van der Waals surface area contributed by atoms with Gasteiger partial charge in [-0.25, -0.2) is 26.7 Å². The Hall–Kier alpha value is -3.04. The summed E-state index contributed by atoms with van der Waals surface area (Å²) < 4.78 is 61.4. The Kier molecular flexibility index (Phi) is 6.80. The average Bonchev–Trinajstić information content (AvgIpc) is 3.15. The molecule has 0 aliphatic carbocycles. The summed E-state index contributed by atoms with van der Waals surface area (Å²) in [7, 11) is -3.10. The third-order valence-electron chi connectivity index (χ3n) is 4.45. The maximum Gasteiger partial charge on any atom is 1.00 e. The number of fused-ring (bicyclic) bond motifs is 1. The van der Waals surface area contributed by atoms with Crippen LogP contribution >= 0.6 is 0 Å². The van der Waals surface area contributed by atoms with E-state index in [0.717, 1.165) is 12.1 Å². The summed E-state index contributed by atoms with van der Waals surface area (Å²) in [4.78, 5) is 3.39. The van der Waals surface area contributed by atoms with Crippen molar-refractivity contribution in [2.24, 2.45) is 0 Å². The molecule has 0 atom stereocenters. The molecule has 0 bridgehead atoms. The standard InChI is InChI=1S/C20H13F2N5O3S.Na.H/c1-30-20-17(26-31(28,29)19-3-2-15(21)8-16(19)22)6-13(10-24-20)12-4-5-27-18(7-12)14(9-23)11-25-27;;/h2-8,10-11,26H,1H3;;/q;+1;-1. The van der Waals surface area contributed by atoms with Gasteiger partial charge in [0.15, 0.2) is 0 Å². The minimum absolute atomic E-state index is 0. The van der Waals surface area contributed by atoms with Gasteiger partial charge in [-0.05, 0) is 35.9 Å². The number of anilines is 1. The number of aromatic nitrogens is 3. The average molecular weight is 465 g/mol. The molecule has 0 aliphatic heterocycles. The Morgan fingerprint density at radius 1 is 1.16 bits per heavy atom. The SMILES string of the molecule is COc1ncc(-c2ccn3ncc(C#N)c3c2)cc1NS(=O)(=O)c1ccc(F)cc1F.[H-].[Na+]. The van der Waals surface area contributed by atoms with E-state index in [4.69, 9.17) is 4.74 Å². The van der Waals surface area contributed by atoms with Gasteiger partial charge in [-0.1, -0.05) is 0 Å². The predicted octanol–water partition coefficient (Wildman–Crippen LogP) is 0.472. The molecule has 0 fully saturated rings. The fraction of sp³-hybridized carbons (Fsp3) is 0.0500. The van der Waals surface area contributed by atoms with Crippen LogP contribution in [0, 0.1) is 23.0 Å². The minimum Gasteiger partial charge on any atom is -1.00 e. The number of pyridine rings is 2. The van der Waals surface area contributed by atoms with Crippen molar-refractivity contribution >= 4 is 21.2 Å². The van der Waals surface area contributed by atoms with E-state index < -0.39 is 26.6 Å². The summed E-state index contributed by atoms with van der Waals surface area (Å²) in [6.45, 7) is 0. The zero-order valence-electron chi connectivity index (χ0n) is 17.9. The van der Waals surface area contributed by atoms with Crippen LogP contribution in [0.1, 0.15) is 6.99 Å². The van der Waals surface area contributed by atoms with E-state index in [1.807, 2.05) is 6.07 Å². The predicted molar refractivity (Wildman–Crippen MR) is 108 cm³/mol. The van der Waals surface area contributed by atoms with Gasteiger partial charge in [0.05, 0.1) is 24.4 Å². The first-order chi connectivity index (χ1) is 14.8. The topological polar surface area (TPSA) is 109 Å². The van der Waals surface area contributed by atoms with E-state index in [0.29, 0.717) is 28.3 Å². The van der Waals surface area contributed by atoms with Crippen molar-refractivity contribution in [1.82, 2.24) is 14.6 Å². The number of sulfonamides is 1. The van der Waals surface area contributed by atoms with Crippen LogP contribution in [-0.2, 0) is 10.0 Å². The first-order valence-corrected chi connectivity index (χ1v) is 10.2. The largest absolute Gasteiger partial charge is 1.00 e. The molecule has 158 valence electrons. The second kappa shape index (κ2) is 9.22. The molecule has 32 heavy (non-hydrogen) atoms. The number of nitrogens with zero attached hydrogens (tertiary/aromatic N) is 4. The van der Waals surface area contributed by atoms with E-state index in [1.54, 1.807) is 18.3 Å². The van der Waals surface area contributed by atoms with Crippen LogP contribution < -0.4 is 39.0 Å². The summed E-state index contributed by atoms with van der Waals surface area (Å²) in [5.74, 6) is -2.17. The van der Waals surface area contributed by atoms with Crippen LogP contribution in [0.15, 0.2) is 59.9 Å². The second-order valence-corrected chi connectivity index (χ2v) is 8.03. The molecule has 12 heteroatoms. The molecule has 0 unspecified atom stereocenters. The molecule has 3 aromatic heterocycles. The molecule has 0 saturated carbocycles. The Morgan fingerprint density at radius 2 is 1.94 bits per heavy atom. The van der Waals surface area contributed by atoms with Crippen LogP contribution in [0.25, 0.3) is 16.6 Å². The van der Waals surface area contributed by atoms with Crippen LogP contribution in [0.4, 0.5) is 14.5 Å². The Labute approximate surface area is 205 Å². The quantitative estimate of drug-likeness (QED) is 0.430. The van der Waals surface area contributed by atoms with E-state index in [2.05, 4.69) is 14.8 Å². The number of nitrogens with one attached hydrogen (secondary N) is 1. The van der Waals surface area contributed by atoms with Crippen molar-refractivity contribution in [2.75, 3.05) is 11.8 Å². The molecule has 0 radical (unpaired) electrons. The van der Waals surface area contributed by atoms with Gasteiger partial charge in [-0.15, -0.1) is 0 Å². The van der Waals surface area contributed by atoms with Gasteiger partial charge in [0.2, 0.25) is 5.88 Å². The normalized spacial score (nSPS) is 10.9. The summed E-state index contributed by atoms with van der Waals surface area (Å²) in [6.07, 6.45) is 4.54. The number of halogens is 2. The Balaban J connectivity index is 0.00000193. The zero-order chi connectivity index (χ0) is 22.2. The summed E-state index contributed by atoms with van der Waals surface area (Å²) >= 11 is 0. The molecule has 0 saturated heterocycles. The molecule has 0 aliphatic rings. The van der Waals surface area contributed by atoms with Crippen molar-refractivity contribution in [1.29, 1.82) is 5.26 Å². The van der Waals surface area contributed by atoms with Crippen molar-refractivity contribution in [3.05, 3.63) is 72.2 Å². The number of hydrogen-bond acceptors (Lipinski definition) is 6. The Bertz CT molecular complexity index is 1470. The van der Waals surface area contributed by atoms with E-state index in [9.17, 15) is 22.5 Å². The third-order valence-corrected chi connectivity index (χ3v) is 5.85. The number of methoxy groups -OCH3 is 1.